The van der Waals surface area contributed by atoms with Gasteiger partial charge in [0.25, 0.3) is 0 Å². The van der Waals surface area contributed by atoms with Crippen LogP contribution >= 0.6 is 15.9 Å². The molecule has 0 aliphatic carbocycles. The van der Waals surface area contributed by atoms with Gasteiger partial charge < -0.3 is 5.73 Å². The van der Waals surface area contributed by atoms with E-state index in [1.165, 1.54) is 0 Å². The van der Waals surface area contributed by atoms with E-state index in [2.05, 4.69) is 15.9 Å². The van der Waals surface area contributed by atoms with Crippen molar-refractivity contribution in [1.82, 2.24) is 0 Å². The summed E-state index contributed by atoms with van der Waals surface area (Å²) in [7, 11) is 0. The van der Waals surface area contributed by atoms with E-state index in [9.17, 15) is 13.2 Å². The average Bonchev–Trinajstić information content (AvgIpc) is 2.17. The van der Waals surface area contributed by atoms with Gasteiger partial charge in [-0.05, 0) is 25.0 Å². The van der Waals surface area contributed by atoms with Crippen molar-refractivity contribution in [3.63, 3.8) is 0 Å². The van der Waals surface area contributed by atoms with Crippen LogP contribution in [0.3, 0.4) is 0 Å². The molecule has 0 aromatic heterocycles. The second-order valence-corrected chi connectivity index (χ2v) is 4.64. The number of nitrogens with two attached hydrogens (primary N) is 1. The molecule has 0 heterocycles. The van der Waals surface area contributed by atoms with E-state index in [0.29, 0.717) is 0 Å². The van der Waals surface area contributed by atoms with E-state index in [1.54, 1.807) is 6.07 Å². The molecule has 1 unspecified atom stereocenters. The number of halogens is 4. The number of aryl methyl sites for hydroxylation is 1. The minimum atomic E-state index is -4.14. The van der Waals surface area contributed by atoms with Crippen LogP contribution < -0.4 is 5.73 Å². The number of hydrogen-bond donors (Lipinski definition) is 1. The Labute approximate surface area is 101 Å². The molecule has 0 bridgehead atoms. The molecule has 0 aliphatic rings. The first-order chi connectivity index (χ1) is 7.29. The van der Waals surface area contributed by atoms with Crippen LogP contribution in [0.2, 0.25) is 0 Å². The highest BCUT2D eigenvalue weighted by molar-refractivity contribution is 9.10. The van der Waals surface area contributed by atoms with Gasteiger partial charge in [-0.2, -0.15) is 13.2 Å². The summed E-state index contributed by atoms with van der Waals surface area (Å²) < 4.78 is 36.9. The predicted octanol–water partition coefficient (Wildman–Crippen LogP) is 4.10. The summed E-state index contributed by atoms with van der Waals surface area (Å²) in [5, 5.41) is 0. The molecule has 2 N–H and O–H groups in total. The van der Waals surface area contributed by atoms with Gasteiger partial charge in [0.2, 0.25) is 0 Å². The Bertz CT molecular complexity index is 363. The molecule has 1 rings (SSSR count). The maximum absolute atomic E-state index is 12.0. The Balaban J connectivity index is 2.73. The number of hydrogen-bond acceptors (Lipinski definition) is 1. The molecule has 16 heavy (non-hydrogen) atoms. The molecule has 0 saturated carbocycles. The molecule has 1 nitrogen and oxygen atoms in total. The third kappa shape index (κ3) is 4.14. The maximum Gasteiger partial charge on any atom is 0.389 e. The van der Waals surface area contributed by atoms with Gasteiger partial charge in [-0.1, -0.05) is 33.6 Å². The SMILES string of the molecule is Cc1ccc(Br)c(C(N)CCC(F)(F)F)c1. The fraction of sp³-hybridized carbons (Fsp3) is 0.455. The van der Waals surface area contributed by atoms with E-state index >= 15 is 0 Å². The van der Waals surface area contributed by atoms with Crippen molar-refractivity contribution in [2.75, 3.05) is 0 Å². The van der Waals surface area contributed by atoms with E-state index in [1.807, 2.05) is 19.1 Å². The van der Waals surface area contributed by atoms with Crippen LogP contribution in [-0.4, -0.2) is 6.18 Å². The minimum Gasteiger partial charge on any atom is -0.324 e. The Morgan fingerprint density at radius 3 is 2.56 bits per heavy atom. The molecule has 90 valence electrons. The average molecular weight is 296 g/mol. The fourth-order valence-electron chi connectivity index (χ4n) is 1.42. The summed E-state index contributed by atoms with van der Waals surface area (Å²) in [6, 6.07) is 4.91. The van der Waals surface area contributed by atoms with E-state index in [0.717, 1.165) is 15.6 Å². The van der Waals surface area contributed by atoms with Crippen molar-refractivity contribution in [2.24, 2.45) is 5.73 Å². The molecule has 1 aromatic carbocycles. The van der Waals surface area contributed by atoms with Gasteiger partial charge in [0.15, 0.2) is 0 Å². The summed E-state index contributed by atoms with van der Waals surface area (Å²) >= 11 is 3.29. The number of rotatable bonds is 3. The van der Waals surface area contributed by atoms with Gasteiger partial charge >= 0.3 is 6.18 Å². The molecule has 0 radical (unpaired) electrons. The monoisotopic (exact) mass is 295 g/mol. The molecule has 1 aromatic rings. The third-order valence-corrected chi connectivity index (χ3v) is 3.01. The summed E-state index contributed by atoms with van der Waals surface area (Å²) in [5.74, 6) is 0. The zero-order valence-electron chi connectivity index (χ0n) is 8.81. The molecule has 0 amide bonds. The second-order valence-electron chi connectivity index (χ2n) is 3.79. The molecule has 0 fully saturated rings. The van der Waals surface area contributed by atoms with Gasteiger partial charge in [-0.3, -0.25) is 0 Å². The third-order valence-electron chi connectivity index (χ3n) is 2.29. The van der Waals surface area contributed by atoms with Crippen molar-refractivity contribution < 1.29 is 13.2 Å². The van der Waals surface area contributed by atoms with E-state index in [-0.39, 0.29) is 6.42 Å². The zero-order chi connectivity index (χ0) is 12.3. The van der Waals surface area contributed by atoms with E-state index in [4.69, 9.17) is 5.73 Å². The first-order valence-corrected chi connectivity index (χ1v) is 5.67. The van der Waals surface area contributed by atoms with Crippen LogP contribution in [0.4, 0.5) is 13.2 Å². The van der Waals surface area contributed by atoms with Crippen molar-refractivity contribution >= 4 is 15.9 Å². The predicted molar refractivity (Wildman–Crippen MR) is 61.1 cm³/mol. The second kappa shape index (κ2) is 5.19. The summed E-state index contributed by atoms with van der Waals surface area (Å²) in [5.41, 5.74) is 7.45. The lowest BCUT2D eigenvalue weighted by Gasteiger charge is -2.15. The van der Waals surface area contributed by atoms with Crippen LogP contribution in [0.5, 0.6) is 0 Å². The van der Waals surface area contributed by atoms with Crippen LogP contribution in [-0.2, 0) is 0 Å². The fourth-order valence-corrected chi connectivity index (χ4v) is 1.96. The van der Waals surface area contributed by atoms with Crippen LogP contribution in [0.25, 0.3) is 0 Å². The van der Waals surface area contributed by atoms with Gasteiger partial charge in [0, 0.05) is 16.9 Å². The van der Waals surface area contributed by atoms with E-state index < -0.39 is 18.6 Å². The zero-order valence-corrected chi connectivity index (χ0v) is 10.4. The normalized spacial score (nSPS) is 13.9. The highest BCUT2D eigenvalue weighted by Crippen LogP contribution is 2.30. The first-order valence-electron chi connectivity index (χ1n) is 4.88. The standard InChI is InChI=1S/C11H13BrF3N/c1-7-2-3-9(12)8(6-7)10(16)4-5-11(13,14)15/h2-3,6,10H,4-5,16H2,1H3. The van der Waals surface area contributed by atoms with Gasteiger partial charge in [-0.15, -0.1) is 0 Å². The Hall–Kier alpha value is -0.550. The van der Waals surface area contributed by atoms with Crippen LogP contribution in [0.15, 0.2) is 22.7 Å². The van der Waals surface area contributed by atoms with Crippen LogP contribution in [0.1, 0.15) is 30.0 Å². The van der Waals surface area contributed by atoms with Crippen LogP contribution in [0, 0.1) is 6.92 Å². The van der Waals surface area contributed by atoms with Crippen molar-refractivity contribution in [2.45, 2.75) is 32.0 Å². The van der Waals surface area contributed by atoms with Gasteiger partial charge in [-0.25, -0.2) is 0 Å². The Morgan fingerprint density at radius 1 is 1.38 bits per heavy atom. The lowest BCUT2D eigenvalue weighted by molar-refractivity contribution is -0.136. The Kier molecular flexibility index (Phi) is 4.38. The smallest absolute Gasteiger partial charge is 0.324 e. The highest BCUT2D eigenvalue weighted by Gasteiger charge is 2.28. The number of alkyl halides is 3. The molecular formula is C11H13BrF3N. The maximum atomic E-state index is 12.0. The molecule has 0 saturated heterocycles. The quantitative estimate of drug-likeness (QED) is 0.893. The molecule has 1 atom stereocenters. The first kappa shape index (κ1) is 13.5. The minimum absolute atomic E-state index is 0.0917. The number of benzene rings is 1. The van der Waals surface area contributed by atoms with Gasteiger partial charge in [0.05, 0.1) is 0 Å². The largest absolute Gasteiger partial charge is 0.389 e. The molecule has 0 spiro atoms. The van der Waals surface area contributed by atoms with Crippen molar-refractivity contribution in [3.8, 4) is 0 Å². The topological polar surface area (TPSA) is 26.0 Å². The summed E-state index contributed by atoms with van der Waals surface area (Å²) in [6.45, 7) is 1.88. The summed E-state index contributed by atoms with van der Waals surface area (Å²) in [6.07, 6.45) is -5.09. The van der Waals surface area contributed by atoms with Crippen molar-refractivity contribution in [1.29, 1.82) is 0 Å². The summed E-state index contributed by atoms with van der Waals surface area (Å²) in [4.78, 5) is 0. The lowest BCUT2D eigenvalue weighted by atomic mass is 10.0. The lowest BCUT2D eigenvalue weighted by Crippen LogP contribution is -2.16. The molecule has 5 heteroatoms. The molecular weight excluding hydrogens is 283 g/mol. The van der Waals surface area contributed by atoms with Crippen molar-refractivity contribution in [3.05, 3.63) is 33.8 Å². The highest BCUT2D eigenvalue weighted by atomic mass is 79.9. The van der Waals surface area contributed by atoms with Gasteiger partial charge in [0.1, 0.15) is 0 Å². The molecule has 0 aliphatic heterocycles. The Morgan fingerprint density at radius 2 is 2.00 bits per heavy atom.